The molecule has 0 atom stereocenters. The number of esters is 2. The van der Waals surface area contributed by atoms with Crippen LogP contribution in [0.1, 0.15) is 41.6 Å². The normalized spacial score (nSPS) is 14.3. The molecule has 1 aromatic rings. The lowest BCUT2D eigenvalue weighted by Gasteiger charge is -2.12. The predicted molar refractivity (Wildman–Crippen MR) is 84.1 cm³/mol. The number of rotatable bonds is 5. The molecule has 1 fully saturated rings. The fourth-order valence-electron chi connectivity index (χ4n) is 2.60. The molecule has 0 aromatic heterocycles. The Bertz CT molecular complexity index is 605. The Kier molecular flexibility index (Phi) is 5.73. The Hall–Kier alpha value is -2.37. The van der Waals surface area contributed by atoms with Gasteiger partial charge in [-0.25, -0.2) is 4.79 Å². The van der Waals surface area contributed by atoms with Gasteiger partial charge in [0, 0.05) is 5.69 Å². The molecule has 0 bridgehead atoms. The van der Waals surface area contributed by atoms with Crippen LogP contribution in [0.4, 0.5) is 5.69 Å². The largest absolute Gasteiger partial charge is 0.465 e. The van der Waals surface area contributed by atoms with Crippen LogP contribution in [0.5, 0.6) is 0 Å². The number of ether oxygens (including phenoxy) is 2. The zero-order valence-corrected chi connectivity index (χ0v) is 13.4. The number of methoxy groups -OCH3 is 1. The van der Waals surface area contributed by atoms with E-state index in [4.69, 9.17) is 4.74 Å². The third-order valence-electron chi connectivity index (χ3n) is 3.97. The van der Waals surface area contributed by atoms with Crippen molar-refractivity contribution in [2.24, 2.45) is 5.92 Å². The molecule has 6 nitrogen and oxygen atoms in total. The minimum atomic E-state index is -0.479. The smallest absolute Gasteiger partial charge is 0.337 e. The number of benzene rings is 1. The van der Waals surface area contributed by atoms with Gasteiger partial charge in [0.25, 0.3) is 5.91 Å². The fraction of sp³-hybridized carbons (Fsp3) is 0.471. The molecule has 0 saturated heterocycles. The van der Waals surface area contributed by atoms with Crippen molar-refractivity contribution in [2.75, 3.05) is 19.0 Å². The van der Waals surface area contributed by atoms with Gasteiger partial charge < -0.3 is 14.8 Å². The molecular weight excluding hydrogens is 298 g/mol. The quantitative estimate of drug-likeness (QED) is 0.843. The first-order chi connectivity index (χ1) is 11.0. The Morgan fingerprint density at radius 3 is 2.57 bits per heavy atom. The maximum absolute atomic E-state index is 11.9. The van der Waals surface area contributed by atoms with Crippen LogP contribution < -0.4 is 5.32 Å². The summed E-state index contributed by atoms with van der Waals surface area (Å²) in [4.78, 5) is 35.2. The molecule has 1 aliphatic carbocycles. The van der Waals surface area contributed by atoms with Gasteiger partial charge in [-0.05, 0) is 37.5 Å². The van der Waals surface area contributed by atoms with Crippen molar-refractivity contribution in [1.29, 1.82) is 0 Å². The van der Waals surface area contributed by atoms with Gasteiger partial charge in [0.15, 0.2) is 6.61 Å². The average Bonchev–Trinajstić information content (AvgIpc) is 3.08. The van der Waals surface area contributed by atoms with Crippen LogP contribution >= 0.6 is 0 Å². The first-order valence-electron chi connectivity index (χ1n) is 7.66. The highest BCUT2D eigenvalue weighted by molar-refractivity contribution is 5.96. The van der Waals surface area contributed by atoms with Gasteiger partial charge in [0.05, 0.1) is 18.6 Å². The number of carbonyl (C=O) groups is 3. The molecule has 1 aliphatic rings. The Balaban J connectivity index is 1.91. The van der Waals surface area contributed by atoms with E-state index in [1.54, 1.807) is 19.1 Å². The Morgan fingerprint density at radius 1 is 1.22 bits per heavy atom. The third-order valence-corrected chi connectivity index (χ3v) is 3.97. The number of hydrogen-bond acceptors (Lipinski definition) is 5. The summed E-state index contributed by atoms with van der Waals surface area (Å²) < 4.78 is 9.71. The molecule has 1 saturated carbocycles. The van der Waals surface area contributed by atoms with E-state index in [2.05, 4.69) is 10.1 Å². The van der Waals surface area contributed by atoms with Crippen LogP contribution in [-0.2, 0) is 19.1 Å². The molecule has 1 amide bonds. The van der Waals surface area contributed by atoms with Crippen LogP contribution in [0.15, 0.2) is 18.2 Å². The van der Waals surface area contributed by atoms with Crippen molar-refractivity contribution in [3.8, 4) is 0 Å². The highest BCUT2D eigenvalue weighted by atomic mass is 16.5. The van der Waals surface area contributed by atoms with Crippen molar-refractivity contribution in [3.05, 3.63) is 29.3 Å². The van der Waals surface area contributed by atoms with Crippen molar-refractivity contribution in [2.45, 2.75) is 32.6 Å². The van der Waals surface area contributed by atoms with Crippen molar-refractivity contribution in [3.63, 3.8) is 0 Å². The van der Waals surface area contributed by atoms with Gasteiger partial charge in [0.1, 0.15) is 0 Å². The molecule has 0 spiro atoms. The highest BCUT2D eigenvalue weighted by Gasteiger charge is 2.24. The van der Waals surface area contributed by atoms with E-state index in [9.17, 15) is 14.4 Å². The number of anilines is 1. The lowest BCUT2D eigenvalue weighted by atomic mass is 10.1. The third kappa shape index (κ3) is 4.55. The lowest BCUT2D eigenvalue weighted by Crippen LogP contribution is -2.24. The maximum Gasteiger partial charge on any atom is 0.337 e. The van der Waals surface area contributed by atoms with E-state index in [0.717, 1.165) is 31.2 Å². The first-order valence-corrected chi connectivity index (χ1v) is 7.66. The van der Waals surface area contributed by atoms with Crippen molar-refractivity contribution in [1.82, 2.24) is 0 Å². The monoisotopic (exact) mass is 319 g/mol. The van der Waals surface area contributed by atoms with Crippen LogP contribution in [0.2, 0.25) is 0 Å². The summed E-state index contributed by atoms with van der Waals surface area (Å²) in [7, 11) is 1.29. The van der Waals surface area contributed by atoms with Crippen LogP contribution in [0, 0.1) is 12.8 Å². The van der Waals surface area contributed by atoms with Crippen molar-refractivity contribution >= 4 is 23.5 Å². The molecule has 1 aromatic carbocycles. The van der Waals surface area contributed by atoms with E-state index in [1.807, 2.05) is 0 Å². The molecule has 0 radical (unpaired) electrons. The SMILES string of the molecule is COC(=O)c1ccc(C)c(NC(=O)COC(=O)C2CCCC2)c1. The standard InChI is InChI=1S/C17H21NO5/c1-11-7-8-13(16(20)22-2)9-14(11)18-15(19)10-23-17(21)12-5-3-4-6-12/h7-9,12H,3-6,10H2,1-2H3,(H,18,19). The van der Waals surface area contributed by atoms with E-state index in [-0.39, 0.29) is 18.5 Å². The minimum Gasteiger partial charge on any atom is -0.465 e. The molecule has 0 unspecified atom stereocenters. The zero-order valence-electron chi connectivity index (χ0n) is 13.4. The molecule has 124 valence electrons. The number of amides is 1. The molecule has 23 heavy (non-hydrogen) atoms. The Morgan fingerprint density at radius 2 is 1.91 bits per heavy atom. The Labute approximate surface area is 135 Å². The summed E-state index contributed by atoms with van der Waals surface area (Å²) in [5.41, 5.74) is 1.64. The minimum absolute atomic E-state index is 0.0767. The van der Waals surface area contributed by atoms with Gasteiger partial charge in [-0.3, -0.25) is 9.59 Å². The zero-order chi connectivity index (χ0) is 16.8. The number of nitrogens with one attached hydrogen (secondary N) is 1. The van der Waals surface area contributed by atoms with E-state index >= 15 is 0 Å². The summed E-state index contributed by atoms with van der Waals surface area (Å²) in [5.74, 6) is -1.29. The van der Waals surface area contributed by atoms with Crippen molar-refractivity contribution < 1.29 is 23.9 Å². The summed E-state index contributed by atoms with van der Waals surface area (Å²) in [5, 5.41) is 2.65. The maximum atomic E-state index is 11.9. The number of carbonyl (C=O) groups excluding carboxylic acids is 3. The van der Waals surface area contributed by atoms with Crippen LogP contribution in [0.25, 0.3) is 0 Å². The second kappa shape index (κ2) is 7.76. The van der Waals surface area contributed by atoms with E-state index < -0.39 is 11.9 Å². The highest BCUT2D eigenvalue weighted by Crippen LogP contribution is 2.25. The fourth-order valence-corrected chi connectivity index (χ4v) is 2.60. The summed E-state index contributed by atoms with van der Waals surface area (Å²) in [6.45, 7) is 1.48. The topological polar surface area (TPSA) is 81.7 Å². The summed E-state index contributed by atoms with van der Waals surface area (Å²) in [6.07, 6.45) is 3.73. The molecule has 2 rings (SSSR count). The molecule has 1 N–H and O–H groups in total. The van der Waals surface area contributed by atoms with Gasteiger partial charge in [0.2, 0.25) is 0 Å². The summed E-state index contributed by atoms with van der Waals surface area (Å²) in [6, 6.07) is 4.88. The first kappa shape index (κ1) is 17.0. The van der Waals surface area contributed by atoms with Gasteiger partial charge in [-0.15, -0.1) is 0 Å². The predicted octanol–water partition coefficient (Wildman–Crippen LogP) is 2.45. The van der Waals surface area contributed by atoms with Gasteiger partial charge in [-0.2, -0.15) is 0 Å². The molecule has 0 aliphatic heterocycles. The second-order valence-electron chi connectivity index (χ2n) is 5.66. The average molecular weight is 319 g/mol. The van der Waals surface area contributed by atoms with E-state index in [1.165, 1.54) is 13.2 Å². The van der Waals surface area contributed by atoms with Crippen LogP contribution in [-0.4, -0.2) is 31.6 Å². The molecule has 0 heterocycles. The number of hydrogen-bond donors (Lipinski definition) is 1. The van der Waals surface area contributed by atoms with Gasteiger partial charge in [-0.1, -0.05) is 18.9 Å². The lowest BCUT2D eigenvalue weighted by molar-refractivity contribution is -0.151. The van der Waals surface area contributed by atoms with Gasteiger partial charge >= 0.3 is 11.9 Å². The molecule has 6 heteroatoms. The summed E-state index contributed by atoms with van der Waals surface area (Å²) >= 11 is 0. The second-order valence-corrected chi connectivity index (χ2v) is 5.66. The van der Waals surface area contributed by atoms with Crippen LogP contribution in [0.3, 0.4) is 0 Å². The van der Waals surface area contributed by atoms with E-state index in [0.29, 0.717) is 11.3 Å². The number of aryl methyl sites for hydroxylation is 1. The molecular formula is C17H21NO5.